The summed E-state index contributed by atoms with van der Waals surface area (Å²) in [4.78, 5) is 45.8. The van der Waals surface area contributed by atoms with Crippen LogP contribution in [0.5, 0.6) is 0 Å². The Morgan fingerprint density at radius 3 is 1.50 bits per heavy atom. The van der Waals surface area contributed by atoms with Crippen LogP contribution >= 0.6 is 0 Å². The minimum atomic E-state index is -0.296. The molecule has 40 heavy (non-hydrogen) atoms. The van der Waals surface area contributed by atoms with Crippen LogP contribution in [-0.2, 0) is 38.1 Å². The maximum Gasteiger partial charge on any atom is 0.351 e. The van der Waals surface area contributed by atoms with Crippen molar-refractivity contribution in [2.75, 3.05) is 66.3 Å². The molecule has 0 spiro atoms. The molecule has 0 amide bonds. The van der Waals surface area contributed by atoms with Gasteiger partial charge >= 0.3 is 23.9 Å². The summed E-state index contributed by atoms with van der Waals surface area (Å²) in [6, 6.07) is 0. The summed E-state index contributed by atoms with van der Waals surface area (Å²) in [5, 5.41) is 16.7. The predicted octanol–water partition coefficient (Wildman–Crippen LogP) is 2.17. The van der Waals surface area contributed by atoms with E-state index >= 15 is 0 Å². The predicted molar refractivity (Wildman–Crippen MR) is 152 cm³/mol. The summed E-state index contributed by atoms with van der Waals surface area (Å²) in [6.45, 7) is 11.0. The number of nitrogens with two attached hydrogens (primary N) is 1. The molecule has 0 aliphatic heterocycles. The summed E-state index contributed by atoms with van der Waals surface area (Å²) >= 11 is 0. The molecular weight excluding hydrogens is 524 g/mol. The maximum absolute atomic E-state index is 11.5. The zero-order valence-electron chi connectivity index (χ0n) is 25.0. The molecule has 0 aliphatic rings. The van der Waals surface area contributed by atoms with Crippen LogP contribution in [0.2, 0.25) is 0 Å². The number of hydrogen-bond donors (Lipinski definition) is 3. The van der Waals surface area contributed by atoms with Gasteiger partial charge in [0.05, 0.1) is 39.8 Å². The molecular formula is C28H55N2O10+. The fraction of sp³-hybridized carbons (Fsp3) is 0.821. The van der Waals surface area contributed by atoms with E-state index in [1.165, 1.54) is 0 Å². The quantitative estimate of drug-likeness (QED) is 0.0739. The zero-order valence-corrected chi connectivity index (χ0v) is 25.0. The molecule has 0 heterocycles. The van der Waals surface area contributed by atoms with Gasteiger partial charge in [0.15, 0.2) is 6.42 Å². The first-order valence-electron chi connectivity index (χ1n) is 14.2. The van der Waals surface area contributed by atoms with Crippen molar-refractivity contribution in [3.63, 3.8) is 0 Å². The highest BCUT2D eigenvalue weighted by Gasteiger charge is 2.06. The molecule has 0 radical (unpaired) electrons. The first kappa shape index (κ1) is 42.1. The summed E-state index contributed by atoms with van der Waals surface area (Å²) in [6.07, 6.45) is 6.43. The van der Waals surface area contributed by atoms with Crippen LogP contribution in [-0.4, -0.2) is 105 Å². The van der Waals surface area contributed by atoms with E-state index in [0.29, 0.717) is 84.5 Å². The highest BCUT2D eigenvalue weighted by Crippen LogP contribution is 1.98. The molecule has 0 aliphatic carbocycles. The SMILES string of the molecule is CCCC(=O)OCCCCOC(=O)CCN(C)CCCO.NCCCO.[CH2+]CC(=O)OCCCCOC(=O)CC. The third-order valence-corrected chi connectivity index (χ3v) is 4.83. The van der Waals surface area contributed by atoms with Gasteiger partial charge in [0.25, 0.3) is 0 Å². The van der Waals surface area contributed by atoms with Crippen molar-refractivity contribution in [3.8, 4) is 0 Å². The Bertz CT molecular complexity index is 584. The van der Waals surface area contributed by atoms with E-state index in [1.54, 1.807) is 6.92 Å². The van der Waals surface area contributed by atoms with Crippen molar-refractivity contribution >= 4 is 23.9 Å². The molecule has 4 N–H and O–H groups in total. The van der Waals surface area contributed by atoms with Crippen molar-refractivity contribution in [1.82, 2.24) is 4.90 Å². The Kier molecular flexibility index (Phi) is 36.4. The number of carbonyl (C=O) groups is 4. The first-order chi connectivity index (χ1) is 19.2. The van der Waals surface area contributed by atoms with E-state index in [1.807, 2.05) is 18.9 Å². The van der Waals surface area contributed by atoms with Crippen LogP contribution in [0.1, 0.15) is 84.5 Å². The monoisotopic (exact) mass is 579 g/mol. The van der Waals surface area contributed by atoms with Crippen LogP contribution in [0.15, 0.2) is 0 Å². The Morgan fingerprint density at radius 2 is 1.12 bits per heavy atom. The molecule has 0 atom stereocenters. The molecule has 0 fully saturated rings. The first-order valence-corrected chi connectivity index (χ1v) is 14.2. The van der Waals surface area contributed by atoms with Gasteiger partial charge < -0.3 is 39.8 Å². The second kappa shape index (κ2) is 34.6. The number of nitrogens with zero attached hydrogens (tertiary/aromatic N) is 1. The molecule has 0 saturated heterocycles. The average Bonchev–Trinajstić information content (AvgIpc) is 2.95. The third kappa shape index (κ3) is 37.7. The highest BCUT2D eigenvalue weighted by molar-refractivity contribution is 5.70. The minimum Gasteiger partial charge on any atom is -0.466 e. The van der Waals surface area contributed by atoms with Gasteiger partial charge in [-0.1, -0.05) is 13.8 Å². The number of hydrogen-bond acceptors (Lipinski definition) is 12. The molecule has 0 unspecified atom stereocenters. The van der Waals surface area contributed by atoms with Gasteiger partial charge in [-0.15, -0.1) is 0 Å². The van der Waals surface area contributed by atoms with Gasteiger partial charge in [-0.3, -0.25) is 14.4 Å². The average molecular weight is 580 g/mol. The standard InChI is InChI=1S/C15H29NO5.C10H17O4.C3H9NO/c1-3-7-14(18)20-12-4-5-13-21-15(19)8-10-16(2)9-6-11-17;1-3-9(11)13-7-5-6-8-14-10(12)4-2;4-2-1-3-5/h17H,3-13H2,1-2H3;1,3-8H2,2H3;5H,1-4H2/q;+1;. The minimum absolute atomic E-state index is 0.158. The molecule has 0 aromatic carbocycles. The van der Waals surface area contributed by atoms with Crippen molar-refractivity contribution in [3.05, 3.63) is 6.92 Å². The Labute approximate surface area is 240 Å². The molecule has 0 aromatic heterocycles. The molecule has 12 nitrogen and oxygen atoms in total. The smallest absolute Gasteiger partial charge is 0.351 e. The fourth-order valence-electron chi connectivity index (χ4n) is 2.50. The largest absolute Gasteiger partial charge is 0.466 e. The number of esters is 4. The highest BCUT2D eigenvalue weighted by atomic mass is 16.5. The van der Waals surface area contributed by atoms with Crippen LogP contribution in [0.3, 0.4) is 0 Å². The number of carbonyl (C=O) groups excluding carboxylic acids is 4. The van der Waals surface area contributed by atoms with E-state index in [0.717, 1.165) is 25.8 Å². The van der Waals surface area contributed by atoms with Gasteiger partial charge in [-0.25, -0.2) is 4.79 Å². The fourth-order valence-corrected chi connectivity index (χ4v) is 2.50. The molecule has 0 bridgehead atoms. The van der Waals surface area contributed by atoms with E-state index in [9.17, 15) is 19.2 Å². The lowest BCUT2D eigenvalue weighted by atomic mass is 10.3. The van der Waals surface area contributed by atoms with E-state index in [4.69, 9.17) is 34.9 Å². The van der Waals surface area contributed by atoms with Crippen molar-refractivity contribution in [1.29, 1.82) is 0 Å². The zero-order chi connectivity index (χ0) is 30.9. The summed E-state index contributed by atoms with van der Waals surface area (Å²) in [5.41, 5.74) is 4.98. The van der Waals surface area contributed by atoms with E-state index in [2.05, 4.69) is 6.92 Å². The maximum atomic E-state index is 11.5. The number of aliphatic hydroxyl groups is 2. The van der Waals surface area contributed by atoms with Crippen LogP contribution in [0, 0.1) is 6.92 Å². The molecule has 0 rings (SSSR count). The number of ether oxygens (including phenoxy) is 4. The van der Waals surface area contributed by atoms with Gasteiger partial charge in [0.2, 0.25) is 0 Å². The lowest BCUT2D eigenvalue weighted by Gasteiger charge is -2.15. The number of rotatable bonds is 22. The topological polar surface area (TPSA) is 175 Å². The normalized spacial score (nSPS) is 9.97. The van der Waals surface area contributed by atoms with Gasteiger partial charge in [0, 0.05) is 39.1 Å². The summed E-state index contributed by atoms with van der Waals surface area (Å²) in [7, 11) is 1.91. The Hall–Kier alpha value is -2.41. The van der Waals surface area contributed by atoms with Crippen molar-refractivity contribution in [2.24, 2.45) is 5.73 Å². The van der Waals surface area contributed by atoms with Crippen molar-refractivity contribution in [2.45, 2.75) is 84.5 Å². The lowest BCUT2D eigenvalue weighted by Crippen LogP contribution is -2.24. The van der Waals surface area contributed by atoms with Gasteiger partial charge in [0.1, 0.15) is 0 Å². The molecule has 236 valence electrons. The third-order valence-electron chi connectivity index (χ3n) is 4.83. The van der Waals surface area contributed by atoms with E-state index < -0.39 is 0 Å². The van der Waals surface area contributed by atoms with Crippen LogP contribution in [0.4, 0.5) is 0 Å². The van der Waals surface area contributed by atoms with Gasteiger partial charge in [-0.05, 0) is 58.5 Å². The van der Waals surface area contributed by atoms with E-state index in [-0.39, 0.29) is 43.5 Å². The lowest BCUT2D eigenvalue weighted by molar-refractivity contribution is -0.146. The number of unbranched alkanes of at least 4 members (excludes halogenated alkanes) is 2. The molecule has 12 heteroatoms. The molecule has 0 saturated carbocycles. The molecule has 0 aromatic rings. The summed E-state index contributed by atoms with van der Waals surface area (Å²) < 4.78 is 19.7. The second-order valence-electron chi connectivity index (χ2n) is 8.65. The van der Waals surface area contributed by atoms with Crippen LogP contribution in [0.25, 0.3) is 0 Å². The van der Waals surface area contributed by atoms with Crippen molar-refractivity contribution < 1.29 is 48.3 Å². The Balaban J connectivity index is -0.000000617. The second-order valence-corrected chi connectivity index (χ2v) is 8.65. The summed E-state index contributed by atoms with van der Waals surface area (Å²) in [5.74, 6) is -0.871. The van der Waals surface area contributed by atoms with Crippen LogP contribution < -0.4 is 5.73 Å². The van der Waals surface area contributed by atoms with Gasteiger partial charge in [-0.2, -0.15) is 0 Å². The number of aliphatic hydroxyl groups excluding tert-OH is 2. The Morgan fingerprint density at radius 1 is 0.675 bits per heavy atom.